The second kappa shape index (κ2) is 4.07. The number of aliphatic hydroxyl groups is 1. The Kier molecular flexibility index (Phi) is 3.34. The molecule has 0 spiro atoms. The molecular weight excluding hydrogens is 140 g/mol. The van der Waals surface area contributed by atoms with Crippen LogP contribution in [0.5, 0.6) is 0 Å². The van der Waals surface area contributed by atoms with Crippen molar-refractivity contribution < 1.29 is 9.84 Å². The molecule has 0 aromatic carbocycles. The first-order valence-corrected chi connectivity index (χ1v) is 4.59. The van der Waals surface area contributed by atoms with Crippen LogP contribution in [0.3, 0.4) is 0 Å². The molecule has 1 rings (SSSR count). The highest BCUT2D eigenvalue weighted by Crippen LogP contribution is 2.44. The Balaban J connectivity index is 2.10. The summed E-state index contributed by atoms with van der Waals surface area (Å²) in [4.78, 5) is 0. The summed E-state index contributed by atoms with van der Waals surface area (Å²) in [6, 6.07) is 0. The summed E-state index contributed by atoms with van der Waals surface area (Å²) >= 11 is 0. The molecule has 0 bridgehead atoms. The zero-order chi connectivity index (χ0) is 8.27. The standard InChI is InChI=1S/C9H18O2/c1-3-5-7-6-8(7)9(10)11-4-2/h7-10H,3-6H2,1-2H3. The van der Waals surface area contributed by atoms with Gasteiger partial charge < -0.3 is 9.84 Å². The normalized spacial score (nSPS) is 31.9. The van der Waals surface area contributed by atoms with E-state index in [9.17, 15) is 5.11 Å². The average Bonchev–Trinajstić information content (AvgIpc) is 2.69. The summed E-state index contributed by atoms with van der Waals surface area (Å²) in [5, 5.41) is 9.36. The molecule has 0 aromatic rings. The van der Waals surface area contributed by atoms with Crippen molar-refractivity contribution in [1.29, 1.82) is 0 Å². The fourth-order valence-electron chi connectivity index (χ4n) is 1.62. The Morgan fingerprint density at radius 2 is 2.27 bits per heavy atom. The summed E-state index contributed by atoms with van der Waals surface area (Å²) in [7, 11) is 0. The van der Waals surface area contributed by atoms with Gasteiger partial charge in [0.25, 0.3) is 0 Å². The van der Waals surface area contributed by atoms with Crippen LogP contribution in [0.2, 0.25) is 0 Å². The molecule has 11 heavy (non-hydrogen) atoms. The van der Waals surface area contributed by atoms with E-state index in [4.69, 9.17) is 4.74 Å². The van der Waals surface area contributed by atoms with Crippen molar-refractivity contribution in [3.8, 4) is 0 Å². The van der Waals surface area contributed by atoms with E-state index >= 15 is 0 Å². The quantitative estimate of drug-likeness (QED) is 0.618. The lowest BCUT2D eigenvalue weighted by molar-refractivity contribution is -0.111. The van der Waals surface area contributed by atoms with Crippen molar-refractivity contribution in [2.75, 3.05) is 6.61 Å². The van der Waals surface area contributed by atoms with Crippen LogP contribution in [0.15, 0.2) is 0 Å². The molecule has 2 nitrogen and oxygen atoms in total. The maximum atomic E-state index is 9.36. The van der Waals surface area contributed by atoms with E-state index in [0.29, 0.717) is 12.5 Å². The van der Waals surface area contributed by atoms with Crippen molar-refractivity contribution in [3.05, 3.63) is 0 Å². The van der Waals surface area contributed by atoms with Gasteiger partial charge in [0.1, 0.15) is 0 Å². The first-order valence-electron chi connectivity index (χ1n) is 4.59. The van der Waals surface area contributed by atoms with Crippen LogP contribution >= 0.6 is 0 Å². The lowest BCUT2D eigenvalue weighted by atomic mass is 10.2. The molecule has 0 saturated heterocycles. The van der Waals surface area contributed by atoms with Gasteiger partial charge in [-0.05, 0) is 19.3 Å². The van der Waals surface area contributed by atoms with Crippen LogP contribution in [-0.4, -0.2) is 18.0 Å². The lowest BCUT2D eigenvalue weighted by Crippen LogP contribution is -2.15. The second-order valence-electron chi connectivity index (χ2n) is 3.29. The fraction of sp³-hybridized carbons (Fsp3) is 1.00. The first kappa shape index (κ1) is 9.01. The van der Waals surface area contributed by atoms with E-state index in [1.165, 1.54) is 12.8 Å². The highest BCUT2D eigenvalue weighted by atomic mass is 16.6. The van der Waals surface area contributed by atoms with Gasteiger partial charge in [-0.2, -0.15) is 0 Å². The molecule has 3 unspecified atom stereocenters. The van der Waals surface area contributed by atoms with Gasteiger partial charge in [-0.3, -0.25) is 0 Å². The van der Waals surface area contributed by atoms with E-state index in [1.807, 2.05) is 6.92 Å². The average molecular weight is 158 g/mol. The molecule has 1 N–H and O–H groups in total. The van der Waals surface area contributed by atoms with Crippen molar-refractivity contribution in [1.82, 2.24) is 0 Å². The molecule has 3 atom stereocenters. The SMILES string of the molecule is CCCC1CC1C(O)OCC. The third-order valence-corrected chi connectivity index (χ3v) is 2.34. The highest BCUT2D eigenvalue weighted by Gasteiger charge is 2.41. The first-order chi connectivity index (χ1) is 5.29. The van der Waals surface area contributed by atoms with Crippen molar-refractivity contribution >= 4 is 0 Å². The van der Waals surface area contributed by atoms with Gasteiger partial charge >= 0.3 is 0 Å². The van der Waals surface area contributed by atoms with E-state index in [0.717, 1.165) is 12.3 Å². The maximum absolute atomic E-state index is 9.36. The monoisotopic (exact) mass is 158 g/mol. The topological polar surface area (TPSA) is 29.5 Å². The van der Waals surface area contributed by atoms with Gasteiger partial charge in [0, 0.05) is 12.5 Å². The molecule has 0 heterocycles. The summed E-state index contributed by atoms with van der Waals surface area (Å²) < 4.78 is 5.10. The highest BCUT2D eigenvalue weighted by molar-refractivity contribution is 4.87. The van der Waals surface area contributed by atoms with Crippen LogP contribution in [0, 0.1) is 11.8 Å². The Morgan fingerprint density at radius 3 is 2.82 bits per heavy atom. The third-order valence-electron chi connectivity index (χ3n) is 2.34. The maximum Gasteiger partial charge on any atom is 0.157 e. The van der Waals surface area contributed by atoms with Gasteiger partial charge in [0.2, 0.25) is 0 Å². The van der Waals surface area contributed by atoms with E-state index < -0.39 is 6.29 Å². The fourth-order valence-corrected chi connectivity index (χ4v) is 1.62. The van der Waals surface area contributed by atoms with Crippen LogP contribution in [0.25, 0.3) is 0 Å². The van der Waals surface area contributed by atoms with Crippen LogP contribution in [0.1, 0.15) is 33.1 Å². The summed E-state index contributed by atoms with van der Waals surface area (Å²) in [5.41, 5.74) is 0. The van der Waals surface area contributed by atoms with Crippen molar-refractivity contribution in [3.63, 3.8) is 0 Å². The number of hydrogen-bond donors (Lipinski definition) is 1. The third kappa shape index (κ3) is 2.46. The molecule has 1 fully saturated rings. The van der Waals surface area contributed by atoms with E-state index in [2.05, 4.69) is 6.92 Å². The molecule has 1 aliphatic carbocycles. The summed E-state index contributed by atoms with van der Waals surface area (Å²) in [6.07, 6.45) is 3.14. The minimum atomic E-state index is -0.489. The van der Waals surface area contributed by atoms with Crippen LogP contribution < -0.4 is 0 Å². The molecule has 66 valence electrons. The molecule has 0 aliphatic heterocycles. The molecule has 0 amide bonds. The van der Waals surface area contributed by atoms with Gasteiger partial charge in [0.05, 0.1) is 0 Å². The Morgan fingerprint density at radius 1 is 1.55 bits per heavy atom. The number of ether oxygens (including phenoxy) is 1. The van der Waals surface area contributed by atoms with Gasteiger partial charge in [-0.1, -0.05) is 19.8 Å². The van der Waals surface area contributed by atoms with E-state index in [-0.39, 0.29) is 0 Å². The number of rotatable bonds is 5. The van der Waals surface area contributed by atoms with E-state index in [1.54, 1.807) is 0 Å². The molecule has 2 heteroatoms. The minimum Gasteiger partial charge on any atom is -0.368 e. The second-order valence-corrected chi connectivity index (χ2v) is 3.29. The van der Waals surface area contributed by atoms with Crippen LogP contribution in [-0.2, 0) is 4.74 Å². The van der Waals surface area contributed by atoms with Gasteiger partial charge in [-0.15, -0.1) is 0 Å². The van der Waals surface area contributed by atoms with Crippen molar-refractivity contribution in [2.45, 2.75) is 39.4 Å². The minimum absolute atomic E-state index is 0.440. The van der Waals surface area contributed by atoms with Gasteiger partial charge in [-0.25, -0.2) is 0 Å². The molecule has 0 aromatic heterocycles. The largest absolute Gasteiger partial charge is 0.368 e. The molecular formula is C9H18O2. The zero-order valence-corrected chi connectivity index (χ0v) is 7.42. The number of aliphatic hydroxyl groups excluding tert-OH is 1. The Hall–Kier alpha value is -0.0800. The van der Waals surface area contributed by atoms with Crippen LogP contribution in [0.4, 0.5) is 0 Å². The number of hydrogen-bond acceptors (Lipinski definition) is 2. The lowest BCUT2D eigenvalue weighted by Gasteiger charge is -2.08. The zero-order valence-electron chi connectivity index (χ0n) is 7.42. The summed E-state index contributed by atoms with van der Waals surface area (Å²) in [5.74, 6) is 1.18. The molecule has 1 aliphatic rings. The summed E-state index contributed by atoms with van der Waals surface area (Å²) in [6.45, 7) is 4.72. The van der Waals surface area contributed by atoms with Crippen molar-refractivity contribution in [2.24, 2.45) is 11.8 Å². The predicted octanol–water partition coefficient (Wildman–Crippen LogP) is 1.78. The predicted molar refractivity (Wildman–Crippen MR) is 44.1 cm³/mol. The van der Waals surface area contributed by atoms with Gasteiger partial charge in [0.15, 0.2) is 6.29 Å². The molecule has 1 saturated carbocycles. The molecule has 0 radical (unpaired) electrons. The smallest absolute Gasteiger partial charge is 0.157 e. The Labute approximate surface area is 68.6 Å². The Bertz CT molecular complexity index is 114.